The SMILES string of the molecule is CNc1cc(F)cc2c1[nH]c1nc(Oc3cnc(C)nc3)nc(N3CC4CC3CC4NC)c12. The van der Waals surface area contributed by atoms with Crippen LogP contribution in [0.25, 0.3) is 21.9 Å². The van der Waals surface area contributed by atoms with Crippen LogP contribution >= 0.6 is 0 Å². The Kier molecular flexibility index (Phi) is 4.58. The molecule has 3 atom stereocenters. The summed E-state index contributed by atoms with van der Waals surface area (Å²) in [6, 6.07) is 4.10. The molecule has 1 aliphatic carbocycles. The fourth-order valence-corrected chi connectivity index (χ4v) is 5.38. The molecule has 3 N–H and O–H groups in total. The quantitative estimate of drug-likeness (QED) is 0.427. The second kappa shape index (κ2) is 7.51. The van der Waals surface area contributed by atoms with Gasteiger partial charge in [-0.2, -0.15) is 9.97 Å². The number of aromatic nitrogens is 5. The Hall–Kier alpha value is -3.53. The number of ether oxygens (including phenoxy) is 1. The fourth-order valence-electron chi connectivity index (χ4n) is 5.38. The van der Waals surface area contributed by atoms with Crippen molar-refractivity contribution in [2.45, 2.75) is 31.8 Å². The van der Waals surface area contributed by atoms with E-state index >= 15 is 0 Å². The number of nitrogens with zero attached hydrogens (tertiary/aromatic N) is 5. The molecule has 2 aliphatic rings. The molecule has 10 heteroatoms. The molecule has 1 aliphatic heterocycles. The minimum atomic E-state index is -0.311. The van der Waals surface area contributed by atoms with Crippen molar-refractivity contribution in [3.63, 3.8) is 0 Å². The van der Waals surface area contributed by atoms with Gasteiger partial charge in [-0.3, -0.25) is 0 Å². The molecule has 9 nitrogen and oxygen atoms in total. The summed E-state index contributed by atoms with van der Waals surface area (Å²) in [4.78, 5) is 23.5. The highest BCUT2D eigenvalue weighted by Crippen LogP contribution is 2.44. The Morgan fingerprint density at radius 1 is 1.15 bits per heavy atom. The summed E-state index contributed by atoms with van der Waals surface area (Å²) in [5.74, 6) is 2.12. The molecule has 4 heterocycles. The standard InChI is InChI=1S/C23H25FN8O/c1-11-27-8-15(9-28-11)33-23-30-21-19(16-5-13(24)6-18(26-3)20(16)29-21)22(31-23)32-10-12-4-14(32)7-17(12)25-2/h5-6,8-9,12,14,17,25-26H,4,7,10H2,1-3H3,(H,29,30,31). The smallest absolute Gasteiger partial charge is 0.326 e. The molecule has 2 fully saturated rings. The van der Waals surface area contributed by atoms with Gasteiger partial charge in [0.05, 0.1) is 29.0 Å². The lowest BCUT2D eigenvalue weighted by Gasteiger charge is -2.32. The summed E-state index contributed by atoms with van der Waals surface area (Å²) < 4.78 is 20.4. The number of nitrogens with one attached hydrogen (secondary N) is 3. The number of aromatic amines is 1. The number of piperidine rings is 1. The molecule has 2 bridgehead atoms. The molecule has 4 aromatic rings. The summed E-state index contributed by atoms with van der Waals surface area (Å²) in [6.07, 6.45) is 5.36. The zero-order valence-corrected chi connectivity index (χ0v) is 18.7. The van der Waals surface area contributed by atoms with E-state index in [4.69, 9.17) is 9.72 Å². The van der Waals surface area contributed by atoms with Crippen LogP contribution in [0.1, 0.15) is 18.7 Å². The first-order valence-electron chi connectivity index (χ1n) is 11.1. The zero-order chi connectivity index (χ0) is 22.7. The molecule has 1 saturated carbocycles. The minimum Gasteiger partial charge on any atom is -0.421 e. The van der Waals surface area contributed by atoms with Crippen molar-refractivity contribution in [2.75, 3.05) is 30.9 Å². The summed E-state index contributed by atoms with van der Waals surface area (Å²) in [5, 5.41) is 8.07. The van der Waals surface area contributed by atoms with Gasteiger partial charge in [-0.25, -0.2) is 14.4 Å². The lowest BCUT2D eigenvalue weighted by molar-refractivity contribution is 0.410. The summed E-state index contributed by atoms with van der Waals surface area (Å²) in [7, 11) is 3.80. The number of halogens is 1. The van der Waals surface area contributed by atoms with Gasteiger partial charge in [-0.15, -0.1) is 0 Å². The average Bonchev–Trinajstić information content (AvgIpc) is 3.51. The van der Waals surface area contributed by atoms with Gasteiger partial charge in [0.1, 0.15) is 23.1 Å². The van der Waals surface area contributed by atoms with E-state index in [9.17, 15) is 4.39 Å². The van der Waals surface area contributed by atoms with Crippen molar-refractivity contribution in [1.29, 1.82) is 0 Å². The Bertz CT molecular complexity index is 1350. The third kappa shape index (κ3) is 3.24. The molecule has 1 aromatic carbocycles. The number of hydrogen-bond donors (Lipinski definition) is 3. The van der Waals surface area contributed by atoms with Gasteiger partial charge in [0.15, 0.2) is 5.75 Å². The van der Waals surface area contributed by atoms with Crippen molar-refractivity contribution >= 4 is 33.4 Å². The monoisotopic (exact) mass is 448 g/mol. The summed E-state index contributed by atoms with van der Waals surface area (Å²) in [5.41, 5.74) is 2.06. The molecule has 1 saturated heterocycles. The summed E-state index contributed by atoms with van der Waals surface area (Å²) >= 11 is 0. The maximum Gasteiger partial charge on any atom is 0.326 e. The van der Waals surface area contributed by atoms with Crippen molar-refractivity contribution in [2.24, 2.45) is 5.92 Å². The Morgan fingerprint density at radius 2 is 1.97 bits per heavy atom. The molecule has 6 rings (SSSR count). The van der Waals surface area contributed by atoms with E-state index in [0.29, 0.717) is 40.9 Å². The normalized spacial score (nSPS) is 21.9. The van der Waals surface area contributed by atoms with E-state index in [1.54, 1.807) is 25.5 Å². The number of anilines is 2. The number of rotatable bonds is 5. The van der Waals surface area contributed by atoms with Gasteiger partial charge in [0.25, 0.3) is 0 Å². The molecule has 0 radical (unpaired) electrons. The first kappa shape index (κ1) is 20.1. The number of benzene rings is 1. The average molecular weight is 449 g/mol. The number of aryl methyl sites for hydroxylation is 1. The molecule has 3 aromatic heterocycles. The van der Waals surface area contributed by atoms with Crippen LogP contribution in [0.2, 0.25) is 0 Å². The fraction of sp³-hybridized carbons (Fsp3) is 0.391. The predicted molar refractivity (Wildman–Crippen MR) is 124 cm³/mol. The van der Waals surface area contributed by atoms with Gasteiger partial charge in [-0.05, 0) is 44.9 Å². The van der Waals surface area contributed by atoms with Crippen LogP contribution in [-0.4, -0.2) is 57.6 Å². The van der Waals surface area contributed by atoms with Crippen LogP contribution < -0.4 is 20.3 Å². The number of hydrogen-bond acceptors (Lipinski definition) is 8. The molecule has 3 unspecified atom stereocenters. The molecule has 0 spiro atoms. The highest BCUT2D eigenvalue weighted by atomic mass is 19.1. The van der Waals surface area contributed by atoms with Crippen LogP contribution in [0, 0.1) is 18.7 Å². The van der Waals surface area contributed by atoms with Crippen molar-refractivity contribution < 1.29 is 9.13 Å². The first-order valence-corrected chi connectivity index (χ1v) is 11.1. The lowest BCUT2D eigenvalue weighted by Crippen LogP contribution is -2.43. The van der Waals surface area contributed by atoms with Crippen LogP contribution in [0.3, 0.4) is 0 Å². The Morgan fingerprint density at radius 3 is 2.67 bits per heavy atom. The van der Waals surface area contributed by atoms with Gasteiger partial charge >= 0.3 is 6.01 Å². The maximum atomic E-state index is 14.5. The van der Waals surface area contributed by atoms with E-state index < -0.39 is 0 Å². The predicted octanol–water partition coefficient (Wildman–Crippen LogP) is 3.37. The number of fused-ring (bicyclic) bond motifs is 5. The third-order valence-corrected chi connectivity index (χ3v) is 6.91. The van der Waals surface area contributed by atoms with Gasteiger partial charge in [0.2, 0.25) is 0 Å². The van der Waals surface area contributed by atoms with Crippen LogP contribution in [0.5, 0.6) is 11.8 Å². The third-order valence-electron chi connectivity index (χ3n) is 6.91. The maximum absolute atomic E-state index is 14.5. The second-order valence-corrected chi connectivity index (χ2v) is 8.81. The van der Waals surface area contributed by atoms with E-state index in [-0.39, 0.29) is 11.8 Å². The van der Waals surface area contributed by atoms with E-state index in [2.05, 4.69) is 35.5 Å². The molecular weight excluding hydrogens is 423 g/mol. The van der Waals surface area contributed by atoms with E-state index in [1.807, 2.05) is 14.0 Å². The van der Waals surface area contributed by atoms with Crippen LogP contribution in [-0.2, 0) is 0 Å². The zero-order valence-electron chi connectivity index (χ0n) is 18.7. The molecular formula is C23H25FN8O. The van der Waals surface area contributed by atoms with Crippen LogP contribution in [0.4, 0.5) is 15.9 Å². The molecule has 0 amide bonds. The first-order chi connectivity index (χ1) is 16.0. The van der Waals surface area contributed by atoms with Gasteiger partial charge < -0.3 is 25.3 Å². The van der Waals surface area contributed by atoms with E-state index in [1.165, 1.54) is 6.07 Å². The van der Waals surface area contributed by atoms with Crippen molar-refractivity contribution in [3.8, 4) is 11.8 Å². The minimum absolute atomic E-state index is 0.205. The van der Waals surface area contributed by atoms with Gasteiger partial charge in [0, 0.05) is 31.1 Å². The van der Waals surface area contributed by atoms with E-state index in [0.717, 1.165) is 41.5 Å². The highest BCUT2D eigenvalue weighted by Gasteiger charge is 2.45. The lowest BCUT2D eigenvalue weighted by atomic mass is 10.0. The van der Waals surface area contributed by atoms with Gasteiger partial charge in [-0.1, -0.05) is 0 Å². The van der Waals surface area contributed by atoms with Crippen molar-refractivity contribution in [1.82, 2.24) is 30.2 Å². The van der Waals surface area contributed by atoms with Crippen molar-refractivity contribution in [3.05, 3.63) is 36.2 Å². The second-order valence-electron chi connectivity index (χ2n) is 8.81. The summed E-state index contributed by atoms with van der Waals surface area (Å²) in [6.45, 7) is 2.70. The molecule has 33 heavy (non-hydrogen) atoms. The number of H-pyrrole nitrogens is 1. The highest BCUT2D eigenvalue weighted by molar-refractivity contribution is 6.14. The molecule has 170 valence electrons. The largest absolute Gasteiger partial charge is 0.421 e. The van der Waals surface area contributed by atoms with Crippen LogP contribution in [0.15, 0.2) is 24.5 Å². The Labute approximate surface area is 189 Å². The Balaban J connectivity index is 1.52. The topological polar surface area (TPSA) is 104 Å².